The molecule has 0 saturated heterocycles. The summed E-state index contributed by atoms with van der Waals surface area (Å²) in [5, 5.41) is 12.6. The van der Waals surface area contributed by atoms with Crippen LogP contribution in [0.1, 0.15) is 10.4 Å². The Morgan fingerprint density at radius 2 is 1.77 bits per heavy atom. The minimum Gasteiger partial charge on any atom is -0.399 e. The number of carbonyl (C=O) groups is 1. The largest absolute Gasteiger partial charge is 0.399 e. The molecule has 0 amide bonds. The molecule has 22 heavy (non-hydrogen) atoms. The second kappa shape index (κ2) is 5.95. The van der Waals surface area contributed by atoms with Crippen molar-refractivity contribution >= 4 is 23.1 Å². The second-order valence-electron chi connectivity index (χ2n) is 4.70. The smallest absolute Gasteiger partial charge is 0.204 e. The van der Waals surface area contributed by atoms with E-state index in [-0.39, 0.29) is 12.3 Å². The number of anilines is 1. The van der Waals surface area contributed by atoms with Gasteiger partial charge in [-0.25, -0.2) is 0 Å². The number of hydrogen-bond donors (Lipinski definition) is 1. The molecule has 0 aliphatic heterocycles. The highest BCUT2D eigenvalue weighted by atomic mass is 35.5. The number of tetrazole rings is 1. The average molecular weight is 314 g/mol. The Balaban J connectivity index is 1.75. The molecule has 1 aromatic heterocycles. The molecule has 0 aliphatic rings. The van der Waals surface area contributed by atoms with Crippen LogP contribution in [0.2, 0.25) is 5.02 Å². The summed E-state index contributed by atoms with van der Waals surface area (Å²) in [4.78, 5) is 13.4. The molecule has 2 N–H and O–H groups in total. The molecule has 0 saturated carbocycles. The number of aromatic nitrogens is 4. The number of Topliss-reactive ketones (excluding diaryl/α,β-unsaturated/α-hetero) is 1. The summed E-state index contributed by atoms with van der Waals surface area (Å²) >= 11 is 5.80. The number of carbonyl (C=O) groups excluding carboxylic acids is 1. The summed E-state index contributed by atoms with van der Waals surface area (Å²) in [5.74, 6) is 0.335. The van der Waals surface area contributed by atoms with Gasteiger partial charge in [0.05, 0.1) is 0 Å². The molecule has 6 nitrogen and oxygen atoms in total. The van der Waals surface area contributed by atoms with E-state index >= 15 is 0 Å². The Hall–Kier alpha value is -2.73. The first-order chi connectivity index (χ1) is 10.6. The van der Waals surface area contributed by atoms with E-state index in [0.717, 1.165) is 5.56 Å². The minimum atomic E-state index is -0.113. The number of benzene rings is 2. The molecule has 0 fully saturated rings. The van der Waals surface area contributed by atoms with Crippen LogP contribution >= 0.6 is 11.6 Å². The fourth-order valence-electron chi connectivity index (χ4n) is 1.91. The van der Waals surface area contributed by atoms with Gasteiger partial charge >= 0.3 is 0 Å². The molecule has 0 atom stereocenters. The van der Waals surface area contributed by atoms with Crippen molar-refractivity contribution in [2.24, 2.45) is 0 Å². The maximum absolute atomic E-state index is 12.1. The number of hydrogen-bond acceptors (Lipinski definition) is 5. The van der Waals surface area contributed by atoms with Crippen molar-refractivity contribution in [2.75, 3.05) is 5.73 Å². The minimum absolute atomic E-state index is 0.0175. The maximum atomic E-state index is 12.1. The lowest BCUT2D eigenvalue weighted by Crippen LogP contribution is -2.13. The van der Waals surface area contributed by atoms with Crippen molar-refractivity contribution < 1.29 is 4.79 Å². The van der Waals surface area contributed by atoms with Crippen LogP contribution in [0.5, 0.6) is 0 Å². The number of nitrogen functional groups attached to an aromatic ring is 1. The Bertz CT molecular complexity index is 796. The molecule has 3 aromatic rings. The summed E-state index contributed by atoms with van der Waals surface area (Å²) in [6.45, 7) is 0.0175. The van der Waals surface area contributed by atoms with Gasteiger partial charge in [0.15, 0.2) is 5.78 Å². The van der Waals surface area contributed by atoms with Crippen LogP contribution in [0.15, 0.2) is 48.5 Å². The summed E-state index contributed by atoms with van der Waals surface area (Å²) < 4.78 is 0. The third kappa shape index (κ3) is 3.12. The lowest BCUT2D eigenvalue weighted by atomic mass is 10.1. The van der Waals surface area contributed by atoms with E-state index < -0.39 is 0 Å². The zero-order valence-electron chi connectivity index (χ0n) is 11.5. The first-order valence-electron chi connectivity index (χ1n) is 6.54. The van der Waals surface area contributed by atoms with Gasteiger partial charge in [0.1, 0.15) is 6.54 Å². The molecule has 0 bridgehead atoms. The molecule has 0 radical (unpaired) electrons. The summed E-state index contributed by atoms with van der Waals surface area (Å²) in [6.07, 6.45) is 0. The maximum Gasteiger partial charge on any atom is 0.204 e. The Morgan fingerprint density at radius 3 is 2.45 bits per heavy atom. The number of nitrogens with zero attached hydrogens (tertiary/aromatic N) is 4. The van der Waals surface area contributed by atoms with Gasteiger partial charge in [-0.05, 0) is 53.7 Å². The Kier molecular flexibility index (Phi) is 3.84. The van der Waals surface area contributed by atoms with E-state index in [1.807, 2.05) is 0 Å². The van der Waals surface area contributed by atoms with E-state index in [1.54, 1.807) is 48.5 Å². The second-order valence-corrected chi connectivity index (χ2v) is 5.13. The predicted molar refractivity (Wildman–Crippen MR) is 83.4 cm³/mol. The SMILES string of the molecule is Nc1ccc(-c2nnn(CC(=O)c3ccc(Cl)cc3)n2)cc1. The summed E-state index contributed by atoms with van der Waals surface area (Å²) in [6, 6.07) is 13.8. The van der Waals surface area contributed by atoms with Crippen molar-refractivity contribution in [3.05, 3.63) is 59.1 Å². The van der Waals surface area contributed by atoms with Gasteiger partial charge in [-0.15, -0.1) is 10.2 Å². The summed E-state index contributed by atoms with van der Waals surface area (Å²) in [7, 11) is 0. The van der Waals surface area contributed by atoms with E-state index in [9.17, 15) is 4.79 Å². The fraction of sp³-hybridized carbons (Fsp3) is 0.0667. The van der Waals surface area contributed by atoms with E-state index in [1.165, 1.54) is 4.80 Å². The molecule has 110 valence electrons. The van der Waals surface area contributed by atoms with Crippen molar-refractivity contribution in [3.8, 4) is 11.4 Å². The van der Waals surface area contributed by atoms with Crippen molar-refractivity contribution in [1.82, 2.24) is 20.2 Å². The van der Waals surface area contributed by atoms with Gasteiger partial charge in [0.2, 0.25) is 5.82 Å². The molecule has 7 heteroatoms. The van der Waals surface area contributed by atoms with Crippen molar-refractivity contribution in [3.63, 3.8) is 0 Å². The van der Waals surface area contributed by atoms with E-state index in [0.29, 0.717) is 22.1 Å². The number of nitrogens with two attached hydrogens (primary N) is 1. The van der Waals surface area contributed by atoms with Crippen LogP contribution < -0.4 is 5.73 Å². The molecule has 2 aromatic carbocycles. The van der Waals surface area contributed by atoms with Crippen LogP contribution in [0.4, 0.5) is 5.69 Å². The molecule has 0 unspecified atom stereocenters. The molecule has 0 spiro atoms. The molecule has 3 rings (SSSR count). The zero-order valence-corrected chi connectivity index (χ0v) is 12.2. The third-order valence-corrected chi connectivity index (χ3v) is 3.32. The van der Waals surface area contributed by atoms with Crippen molar-refractivity contribution in [1.29, 1.82) is 0 Å². The highest BCUT2D eigenvalue weighted by molar-refractivity contribution is 6.30. The van der Waals surface area contributed by atoms with Crippen LogP contribution in [0, 0.1) is 0 Å². The van der Waals surface area contributed by atoms with Gasteiger partial charge in [0, 0.05) is 21.8 Å². The molecule has 1 heterocycles. The first-order valence-corrected chi connectivity index (χ1v) is 6.92. The molecular formula is C15H12ClN5O. The number of halogens is 1. The highest BCUT2D eigenvalue weighted by Crippen LogP contribution is 2.15. The lowest BCUT2D eigenvalue weighted by molar-refractivity contribution is 0.0961. The van der Waals surface area contributed by atoms with Crippen LogP contribution in [-0.4, -0.2) is 26.0 Å². The summed E-state index contributed by atoms with van der Waals surface area (Å²) in [5.41, 5.74) is 7.64. The van der Waals surface area contributed by atoms with Gasteiger partial charge in [0.25, 0.3) is 0 Å². The lowest BCUT2D eigenvalue weighted by Gasteiger charge is -2.00. The van der Waals surface area contributed by atoms with Gasteiger partial charge in [-0.1, -0.05) is 11.6 Å². The topological polar surface area (TPSA) is 86.7 Å². The highest BCUT2D eigenvalue weighted by Gasteiger charge is 2.11. The van der Waals surface area contributed by atoms with Crippen LogP contribution in [-0.2, 0) is 6.54 Å². The monoisotopic (exact) mass is 313 g/mol. The zero-order chi connectivity index (χ0) is 15.5. The average Bonchev–Trinajstić information content (AvgIpc) is 2.97. The Labute approximate surface area is 131 Å². The van der Waals surface area contributed by atoms with Gasteiger partial charge in [-0.2, -0.15) is 4.80 Å². The Morgan fingerprint density at radius 1 is 1.09 bits per heavy atom. The fourth-order valence-corrected chi connectivity index (χ4v) is 2.04. The van der Waals surface area contributed by atoms with E-state index in [4.69, 9.17) is 17.3 Å². The van der Waals surface area contributed by atoms with E-state index in [2.05, 4.69) is 15.4 Å². The predicted octanol–water partition coefficient (Wildman–Crippen LogP) is 2.46. The normalized spacial score (nSPS) is 10.6. The van der Waals surface area contributed by atoms with Gasteiger partial charge in [-0.3, -0.25) is 4.79 Å². The van der Waals surface area contributed by atoms with Crippen LogP contribution in [0.3, 0.4) is 0 Å². The molecular weight excluding hydrogens is 302 g/mol. The number of ketones is 1. The quantitative estimate of drug-likeness (QED) is 0.590. The first kappa shape index (κ1) is 14.2. The molecule has 0 aliphatic carbocycles. The third-order valence-electron chi connectivity index (χ3n) is 3.07. The standard InChI is InChI=1S/C15H12ClN5O/c16-12-5-1-10(2-6-12)14(22)9-21-19-15(18-20-21)11-3-7-13(17)8-4-11/h1-8H,9,17H2. The van der Waals surface area contributed by atoms with Crippen LogP contribution in [0.25, 0.3) is 11.4 Å². The van der Waals surface area contributed by atoms with Crippen molar-refractivity contribution in [2.45, 2.75) is 6.54 Å². The van der Waals surface area contributed by atoms with Gasteiger partial charge < -0.3 is 5.73 Å². The number of rotatable bonds is 4.